The zero-order valence-electron chi connectivity index (χ0n) is 13.3. The molecule has 0 spiro atoms. The van der Waals surface area contributed by atoms with Crippen LogP contribution in [0.1, 0.15) is 25.3 Å². The summed E-state index contributed by atoms with van der Waals surface area (Å²) >= 11 is 5.99. The van der Waals surface area contributed by atoms with Gasteiger partial charge in [0.1, 0.15) is 0 Å². The molecule has 1 aromatic carbocycles. The van der Waals surface area contributed by atoms with Gasteiger partial charge in [0.2, 0.25) is 0 Å². The quantitative estimate of drug-likeness (QED) is 0.741. The first-order chi connectivity index (χ1) is 11.2. The molecule has 0 unspecified atom stereocenters. The Kier molecular flexibility index (Phi) is 5.09. The van der Waals surface area contributed by atoms with E-state index in [4.69, 9.17) is 16.3 Å². The van der Waals surface area contributed by atoms with Crippen LogP contribution in [0.5, 0.6) is 0 Å². The summed E-state index contributed by atoms with van der Waals surface area (Å²) in [4.78, 5) is 16.1. The predicted molar refractivity (Wildman–Crippen MR) is 90.4 cm³/mol. The van der Waals surface area contributed by atoms with E-state index in [-0.39, 0.29) is 12.1 Å². The zero-order chi connectivity index (χ0) is 16.2. The molecule has 0 N–H and O–H groups in total. The van der Waals surface area contributed by atoms with Gasteiger partial charge in [-0.3, -0.25) is 4.90 Å². The Labute approximate surface area is 142 Å². The van der Waals surface area contributed by atoms with Gasteiger partial charge in [-0.1, -0.05) is 29.5 Å². The van der Waals surface area contributed by atoms with Crippen molar-refractivity contribution in [3.05, 3.63) is 34.9 Å². The molecule has 0 aliphatic carbocycles. The number of halogens is 1. The first-order valence-corrected chi connectivity index (χ1v) is 8.49. The number of hydrogen-bond donors (Lipinski definition) is 0. The third kappa shape index (κ3) is 3.80. The van der Waals surface area contributed by atoms with E-state index in [9.17, 15) is 4.79 Å². The average molecular weight is 333 g/mol. The number of carbonyl (C=O) groups excluding carboxylic acids is 1. The Balaban J connectivity index is 1.63. The van der Waals surface area contributed by atoms with E-state index in [1.54, 1.807) is 0 Å². The monoisotopic (exact) mass is 332 g/mol. The van der Waals surface area contributed by atoms with Crippen molar-refractivity contribution >= 4 is 17.7 Å². The smallest absolute Gasteiger partial charge is 0.409 e. The van der Waals surface area contributed by atoms with E-state index >= 15 is 0 Å². The van der Waals surface area contributed by atoms with Gasteiger partial charge in [0.25, 0.3) is 0 Å². The number of ether oxygens (including phenoxy) is 1. The second-order valence-electron chi connectivity index (χ2n) is 5.91. The minimum Gasteiger partial charge on any atom is -0.450 e. The number of piperazine rings is 1. The number of benzene rings is 1. The van der Waals surface area contributed by atoms with E-state index in [1.165, 1.54) is 0 Å². The first-order valence-electron chi connectivity index (χ1n) is 8.12. The van der Waals surface area contributed by atoms with Crippen LogP contribution in [0.2, 0.25) is 5.02 Å². The van der Waals surface area contributed by atoms with Crippen LogP contribution in [0.25, 0.3) is 0 Å². The molecule has 0 radical (unpaired) electrons. The lowest BCUT2D eigenvalue weighted by molar-refractivity contribution is 0.0615. The minimum absolute atomic E-state index is 0.194. The van der Waals surface area contributed by atoms with Crippen LogP contribution in [-0.4, -0.2) is 54.2 Å². The molecular weight excluding hydrogens is 312 g/mol. The van der Waals surface area contributed by atoms with Crippen LogP contribution >= 0.6 is 11.6 Å². The van der Waals surface area contributed by atoms with Gasteiger partial charge < -0.3 is 9.64 Å². The molecule has 122 valence electrons. The standard InChI is InChI=1S/C18H21ClN2O2/c1-2-23-18(22)20-10-11-21-16(8-9-17(21)13-20)7-6-14-4-3-5-15(19)12-14/h3-5,12,16-17H,2,8-11,13H2,1H3/t16-,17-/m0/s1. The maximum atomic E-state index is 11.9. The lowest BCUT2D eigenvalue weighted by Gasteiger charge is -2.38. The van der Waals surface area contributed by atoms with Crippen molar-refractivity contribution in [3.8, 4) is 11.8 Å². The Morgan fingerprint density at radius 1 is 1.39 bits per heavy atom. The molecule has 0 bridgehead atoms. The maximum absolute atomic E-state index is 11.9. The van der Waals surface area contributed by atoms with Crippen molar-refractivity contribution in [1.29, 1.82) is 0 Å². The largest absolute Gasteiger partial charge is 0.450 e. The highest BCUT2D eigenvalue weighted by Crippen LogP contribution is 2.27. The van der Waals surface area contributed by atoms with Gasteiger partial charge in [0, 0.05) is 36.3 Å². The summed E-state index contributed by atoms with van der Waals surface area (Å²) in [5.74, 6) is 6.61. The van der Waals surface area contributed by atoms with E-state index in [1.807, 2.05) is 36.1 Å². The SMILES string of the molecule is CCOC(=O)N1CCN2[C@@H](CC[C@@H]2C#Cc2cccc(Cl)c2)C1. The van der Waals surface area contributed by atoms with Crippen LogP contribution in [0.3, 0.4) is 0 Å². The summed E-state index contributed by atoms with van der Waals surface area (Å²) in [6.07, 6.45) is 1.93. The molecular formula is C18H21ClN2O2. The molecule has 2 aliphatic heterocycles. The number of hydrogen-bond acceptors (Lipinski definition) is 3. The molecule has 4 nitrogen and oxygen atoms in total. The molecule has 1 amide bonds. The Hall–Kier alpha value is -1.70. The van der Waals surface area contributed by atoms with Crippen LogP contribution in [0.15, 0.2) is 24.3 Å². The highest BCUT2D eigenvalue weighted by molar-refractivity contribution is 6.30. The molecule has 0 saturated carbocycles. The molecule has 5 heteroatoms. The van der Waals surface area contributed by atoms with E-state index < -0.39 is 0 Å². The molecule has 2 saturated heterocycles. The second-order valence-corrected chi connectivity index (χ2v) is 6.35. The van der Waals surface area contributed by atoms with E-state index in [0.29, 0.717) is 24.2 Å². The summed E-state index contributed by atoms with van der Waals surface area (Å²) in [5, 5.41) is 0.712. The molecule has 23 heavy (non-hydrogen) atoms. The summed E-state index contributed by atoms with van der Waals surface area (Å²) in [6.45, 7) is 4.58. The highest BCUT2D eigenvalue weighted by Gasteiger charge is 2.38. The lowest BCUT2D eigenvalue weighted by atomic mass is 10.1. The number of carbonyl (C=O) groups is 1. The van der Waals surface area contributed by atoms with Gasteiger partial charge in [0.05, 0.1) is 12.6 Å². The van der Waals surface area contributed by atoms with Crippen molar-refractivity contribution in [3.63, 3.8) is 0 Å². The maximum Gasteiger partial charge on any atom is 0.409 e. The molecule has 2 heterocycles. The van der Waals surface area contributed by atoms with Gasteiger partial charge in [-0.05, 0) is 38.0 Å². The van der Waals surface area contributed by atoms with Crippen LogP contribution in [-0.2, 0) is 4.74 Å². The number of nitrogens with zero attached hydrogens (tertiary/aromatic N) is 2. The summed E-state index contributed by atoms with van der Waals surface area (Å²) in [6, 6.07) is 8.30. The van der Waals surface area contributed by atoms with E-state index in [0.717, 1.165) is 31.5 Å². The van der Waals surface area contributed by atoms with Gasteiger partial charge in [-0.2, -0.15) is 0 Å². The van der Waals surface area contributed by atoms with Crippen LogP contribution in [0, 0.1) is 11.8 Å². The van der Waals surface area contributed by atoms with Crippen LogP contribution < -0.4 is 0 Å². The number of rotatable bonds is 1. The molecule has 2 fully saturated rings. The van der Waals surface area contributed by atoms with Crippen molar-refractivity contribution in [2.45, 2.75) is 31.8 Å². The van der Waals surface area contributed by atoms with Crippen molar-refractivity contribution in [1.82, 2.24) is 9.80 Å². The van der Waals surface area contributed by atoms with E-state index in [2.05, 4.69) is 16.7 Å². The van der Waals surface area contributed by atoms with Gasteiger partial charge in [0.15, 0.2) is 0 Å². The fraction of sp³-hybridized carbons (Fsp3) is 0.500. The summed E-state index contributed by atoms with van der Waals surface area (Å²) < 4.78 is 5.10. The predicted octanol–water partition coefficient (Wildman–Crippen LogP) is 3.00. The van der Waals surface area contributed by atoms with Crippen molar-refractivity contribution in [2.75, 3.05) is 26.2 Å². The Morgan fingerprint density at radius 3 is 3.04 bits per heavy atom. The van der Waals surface area contributed by atoms with Gasteiger partial charge in [-0.25, -0.2) is 4.79 Å². The lowest BCUT2D eigenvalue weighted by Crippen LogP contribution is -2.54. The fourth-order valence-corrected chi connectivity index (χ4v) is 3.51. The average Bonchev–Trinajstić information content (AvgIpc) is 2.95. The normalized spacial score (nSPS) is 23.8. The van der Waals surface area contributed by atoms with Crippen LogP contribution in [0.4, 0.5) is 4.79 Å². The van der Waals surface area contributed by atoms with Gasteiger partial charge in [-0.15, -0.1) is 0 Å². The summed E-state index contributed by atoms with van der Waals surface area (Å²) in [7, 11) is 0. The van der Waals surface area contributed by atoms with Gasteiger partial charge >= 0.3 is 6.09 Å². The number of fused-ring (bicyclic) bond motifs is 1. The first kappa shape index (κ1) is 16.2. The molecule has 2 aliphatic rings. The molecule has 2 atom stereocenters. The second kappa shape index (κ2) is 7.25. The van der Waals surface area contributed by atoms with Crippen molar-refractivity contribution in [2.24, 2.45) is 0 Å². The third-order valence-corrected chi connectivity index (χ3v) is 4.67. The minimum atomic E-state index is -0.194. The highest BCUT2D eigenvalue weighted by atomic mass is 35.5. The van der Waals surface area contributed by atoms with Crippen molar-refractivity contribution < 1.29 is 9.53 Å². The number of amides is 1. The Bertz CT molecular complexity index is 637. The fourth-order valence-electron chi connectivity index (χ4n) is 3.32. The molecule has 0 aromatic heterocycles. The topological polar surface area (TPSA) is 32.8 Å². The Morgan fingerprint density at radius 2 is 2.26 bits per heavy atom. The zero-order valence-corrected chi connectivity index (χ0v) is 14.1. The molecule has 3 rings (SSSR count). The summed E-state index contributed by atoms with van der Waals surface area (Å²) in [5.41, 5.74) is 0.950. The molecule has 1 aromatic rings. The third-order valence-electron chi connectivity index (χ3n) is 4.44.